The zero-order chi connectivity index (χ0) is 18.8. The number of hydrogen-bond donors (Lipinski definition) is 1. The number of para-hydroxylation sites is 1. The fourth-order valence-electron chi connectivity index (χ4n) is 3.67. The third-order valence-corrected chi connectivity index (χ3v) is 5.33. The van der Waals surface area contributed by atoms with Crippen LogP contribution in [0.2, 0.25) is 0 Å². The Morgan fingerprint density at radius 2 is 1.74 bits per heavy atom. The van der Waals surface area contributed by atoms with E-state index in [4.69, 9.17) is 0 Å². The molecule has 2 amide bonds. The second-order valence-corrected chi connectivity index (χ2v) is 7.08. The molecule has 1 saturated heterocycles. The van der Waals surface area contributed by atoms with E-state index in [1.807, 2.05) is 84.6 Å². The Kier molecular flexibility index (Phi) is 4.63. The van der Waals surface area contributed by atoms with Gasteiger partial charge in [-0.3, -0.25) is 9.59 Å². The lowest BCUT2D eigenvalue weighted by Crippen LogP contribution is -2.26. The molecule has 1 aliphatic carbocycles. The topological polar surface area (TPSA) is 49.4 Å². The molecular formula is C23H22N2O2. The zero-order valence-electron chi connectivity index (χ0n) is 15.2. The second-order valence-electron chi connectivity index (χ2n) is 7.08. The van der Waals surface area contributed by atoms with Crippen LogP contribution in [0.5, 0.6) is 0 Å². The van der Waals surface area contributed by atoms with Crippen molar-refractivity contribution in [1.29, 1.82) is 0 Å². The van der Waals surface area contributed by atoms with Crippen molar-refractivity contribution in [3.05, 3.63) is 84.5 Å². The SMILES string of the molecule is CC(C(=O)Nc1ccccc1)c1ccc(N2CC3C=CC=CC3C2=O)cc1. The third kappa shape index (κ3) is 3.43. The number of fused-ring (bicyclic) bond motifs is 1. The van der Waals surface area contributed by atoms with Crippen molar-refractivity contribution >= 4 is 23.2 Å². The minimum absolute atomic E-state index is 0.0486. The van der Waals surface area contributed by atoms with Crippen LogP contribution in [0.1, 0.15) is 18.4 Å². The number of nitrogens with zero attached hydrogens (tertiary/aromatic N) is 1. The summed E-state index contributed by atoms with van der Waals surface area (Å²) in [7, 11) is 0. The lowest BCUT2D eigenvalue weighted by molar-refractivity contribution is -0.119. The number of benzene rings is 2. The quantitative estimate of drug-likeness (QED) is 0.893. The lowest BCUT2D eigenvalue weighted by Gasteiger charge is -2.18. The monoisotopic (exact) mass is 358 g/mol. The van der Waals surface area contributed by atoms with Crippen molar-refractivity contribution in [1.82, 2.24) is 0 Å². The van der Waals surface area contributed by atoms with Gasteiger partial charge in [0, 0.05) is 23.8 Å². The maximum atomic E-state index is 12.6. The number of nitrogens with one attached hydrogen (secondary N) is 1. The van der Waals surface area contributed by atoms with Crippen LogP contribution in [-0.4, -0.2) is 18.4 Å². The Bertz CT molecular complexity index is 900. The first-order valence-corrected chi connectivity index (χ1v) is 9.26. The Hall–Kier alpha value is -3.14. The van der Waals surface area contributed by atoms with E-state index in [9.17, 15) is 9.59 Å². The van der Waals surface area contributed by atoms with Gasteiger partial charge in [-0.2, -0.15) is 0 Å². The van der Waals surface area contributed by atoms with E-state index in [2.05, 4.69) is 11.4 Å². The van der Waals surface area contributed by atoms with Gasteiger partial charge in [0.2, 0.25) is 11.8 Å². The summed E-state index contributed by atoms with van der Waals surface area (Å²) in [5, 5.41) is 2.93. The van der Waals surface area contributed by atoms with Crippen LogP contribution in [0.3, 0.4) is 0 Å². The standard InChI is InChI=1S/C23H22N2O2/c1-16(22(26)24-19-8-3-2-4-9-19)17-11-13-20(14-12-17)25-15-18-7-5-6-10-21(18)23(25)27/h2-14,16,18,21H,15H2,1H3,(H,24,26). The van der Waals surface area contributed by atoms with Gasteiger partial charge in [-0.15, -0.1) is 0 Å². The number of carbonyl (C=O) groups is 2. The summed E-state index contributed by atoms with van der Waals surface area (Å²) in [6.45, 7) is 2.59. The molecule has 4 rings (SSSR count). The molecule has 2 aromatic rings. The number of rotatable bonds is 4. The minimum Gasteiger partial charge on any atom is -0.326 e. The Morgan fingerprint density at radius 3 is 2.44 bits per heavy atom. The van der Waals surface area contributed by atoms with Crippen LogP contribution < -0.4 is 10.2 Å². The van der Waals surface area contributed by atoms with Crippen molar-refractivity contribution in [2.75, 3.05) is 16.8 Å². The first-order valence-electron chi connectivity index (χ1n) is 9.26. The van der Waals surface area contributed by atoms with E-state index in [0.717, 1.165) is 16.9 Å². The molecule has 27 heavy (non-hydrogen) atoms. The van der Waals surface area contributed by atoms with E-state index in [-0.39, 0.29) is 29.6 Å². The van der Waals surface area contributed by atoms with Crippen LogP contribution >= 0.6 is 0 Å². The Morgan fingerprint density at radius 1 is 1.04 bits per heavy atom. The van der Waals surface area contributed by atoms with Crippen molar-refractivity contribution in [2.24, 2.45) is 11.8 Å². The Balaban J connectivity index is 1.46. The van der Waals surface area contributed by atoms with Gasteiger partial charge >= 0.3 is 0 Å². The molecule has 2 aliphatic rings. The van der Waals surface area contributed by atoms with Crippen molar-refractivity contribution in [2.45, 2.75) is 12.8 Å². The average molecular weight is 358 g/mol. The highest BCUT2D eigenvalue weighted by atomic mass is 16.2. The minimum atomic E-state index is -0.276. The summed E-state index contributed by atoms with van der Waals surface area (Å²) >= 11 is 0. The number of allylic oxidation sites excluding steroid dienone is 2. The van der Waals surface area contributed by atoms with Crippen LogP contribution in [0.15, 0.2) is 78.9 Å². The van der Waals surface area contributed by atoms with Gasteiger partial charge in [0.25, 0.3) is 0 Å². The summed E-state index contributed by atoms with van der Waals surface area (Å²) in [5.74, 6) is 0.0145. The van der Waals surface area contributed by atoms with Gasteiger partial charge in [-0.05, 0) is 36.8 Å². The molecule has 3 unspecified atom stereocenters. The summed E-state index contributed by atoms with van der Waals surface area (Å²) in [4.78, 5) is 27.0. The maximum Gasteiger partial charge on any atom is 0.234 e. The van der Waals surface area contributed by atoms with Crippen LogP contribution in [-0.2, 0) is 9.59 Å². The highest BCUT2D eigenvalue weighted by molar-refractivity contribution is 5.99. The van der Waals surface area contributed by atoms with Crippen molar-refractivity contribution < 1.29 is 9.59 Å². The van der Waals surface area contributed by atoms with E-state index in [1.54, 1.807) is 0 Å². The fourth-order valence-corrected chi connectivity index (χ4v) is 3.67. The van der Waals surface area contributed by atoms with Gasteiger partial charge in [0.15, 0.2) is 0 Å². The van der Waals surface area contributed by atoms with Gasteiger partial charge in [-0.1, -0.05) is 54.6 Å². The fraction of sp³-hybridized carbons (Fsp3) is 0.217. The highest BCUT2D eigenvalue weighted by Gasteiger charge is 2.38. The molecule has 0 spiro atoms. The van der Waals surface area contributed by atoms with Gasteiger partial charge < -0.3 is 10.2 Å². The second kappa shape index (κ2) is 7.23. The molecule has 136 valence electrons. The third-order valence-electron chi connectivity index (χ3n) is 5.33. The van der Waals surface area contributed by atoms with E-state index in [0.29, 0.717) is 6.54 Å². The van der Waals surface area contributed by atoms with Gasteiger partial charge in [-0.25, -0.2) is 0 Å². The predicted molar refractivity (Wildman–Crippen MR) is 108 cm³/mol. The van der Waals surface area contributed by atoms with Crippen molar-refractivity contribution in [3.8, 4) is 0 Å². The molecule has 0 radical (unpaired) electrons. The average Bonchev–Trinajstić information content (AvgIpc) is 3.05. The maximum absolute atomic E-state index is 12.6. The van der Waals surface area contributed by atoms with Crippen LogP contribution in [0.25, 0.3) is 0 Å². The molecular weight excluding hydrogens is 336 g/mol. The lowest BCUT2D eigenvalue weighted by atomic mass is 9.92. The number of hydrogen-bond acceptors (Lipinski definition) is 2. The smallest absolute Gasteiger partial charge is 0.234 e. The van der Waals surface area contributed by atoms with Gasteiger partial charge in [0.05, 0.1) is 11.8 Å². The molecule has 0 bridgehead atoms. The van der Waals surface area contributed by atoms with E-state index < -0.39 is 0 Å². The predicted octanol–water partition coefficient (Wildman–Crippen LogP) is 4.13. The first-order chi connectivity index (χ1) is 13.1. The molecule has 1 aliphatic heterocycles. The van der Waals surface area contributed by atoms with Gasteiger partial charge in [0.1, 0.15) is 0 Å². The molecule has 4 heteroatoms. The normalized spacial score (nSPS) is 21.8. The Labute approximate surface area is 159 Å². The molecule has 1 heterocycles. The van der Waals surface area contributed by atoms with Crippen molar-refractivity contribution in [3.63, 3.8) is 0 Å². The number of amides is 2. The summed E-state index contributed by atoms with van der Waals surface area (Å²) in [6.07, 6.45) is 8.04. The zero-order valence-corrected chi connectivity index (χ0v) is 15.2. The molecule has 1 N–H and O–H groups in total. The number of anilines is 2. The molecule has 3 atom stereocenters. The largest absolute Gasteiger partial charge is 0.326 e. The summed E-state index contributed by atoms with van der Waals surface area (Å²) in [5.41, 5.74) is 2.60. The van der Waals surface area contributed by atoms with E-state index >= 15 is 0 Å². The summed E-state index contributed by atoms with van der Waals surface area (Å²) in [6, 6.07) is 17.2. The molecule has 2 aromatic carbocycles. The van der Waals surface area contributed by atoms with Crippen LogP contribution in [0.4, 0.5) is 11.4 Å². The summed E-state index contributed by atoms with van der Waals surface area (Å²) < 4.78 is 0. The molecule has 4 nitrogen and oxygen atoms in total. The molecule has 0 saturated carbocycles. The first kappa shape index (κ1) is 17.3. The molecule has 0 aromatic heterocycles. The molecule has 1 fully saturated rings. The number of carbonyl (C=O) groups excluding carboxylic acids is 2. The highest BCUT2D eigenvalue weighted by Crippen LogP contribution is 2.33. The van der Waals surface area contributed by atoms with Crippen LogP contribution in [0, 0.1) is 11.8 Å². The van der Waals surface area contributed by atoms with E-state index in [1.165, 1.54) is 0 Å².